The average molecular weight is 447 g/mol. The molecule has 1 aliphatic heterocycles. The molecular formula is C16H16Cl2N4O7. The summed E-state index contributed by atoms with van der Waals surface area (Å²) in [7, 11) is 0. The number of hydrogen-bond donors (Lipinski definition) is 0. The normalized spacial score (nSPS) is 23.8. The van der Waals surface area contributed by atoms with E-state index in [0.29, 0.717) is 0 Å². The van der Waals surface area contributed by atoms with Crippen LogP contribution in [0.15, 0.2) is 6.33 Å². The number of rotatable bonds is 5. The summed E-state index contributed by atoms with van der Waals surface area (Å²) in [6, 6.07) is 0. The van der Waals surface area contributed by atoms with Crippen LogP contribution in [0.4, 0.5) is 0 Å². The molecule has 3 rings (SSSR count). The van der Waals surface area contributed by atoms with Crippen LogP contribution in [0.3, 0.4) is 0 Å². The van der Waals surface area contributed by atoms with E-state index in [9.17, 15) is 14.4 Å². The Bertz CT molecular complexity index is 966. The van der Waals surface area contributed by atoms with Crippen LogP contribution in [-0.4, -0.2) is 62.3 Å². The van der Waals surface area contributed by atoms with Gasteiger partial charge >= 0.3 is 17.9 Å². The monoisotopic (exact) mass is 446 g/mol. The van der Waals surface area contributed by atoms with Gasteiger partial charge in [0.1, 0.15) is 18.2 Å². The molecule has 0 radical (unpaired) electrons. The molecule has 0 aromatic carbocycles. The first-order chi connectivity index (χ1) is 13.7. The lowest BCUT2D eigenvalue weighted by Crippen LogP contribution is -2.40. The molecular weight excluding hydrogens is 431 g/mol. The standard InChI is InChI=1S/C16H16Cl2N4O7/c1-6(23)26-4-9-11(27-7(2)24)12(28-8(3)25)15(29-9)22-5-19-10-13(17)20-16(18)21-14(10)22/h5,9,11-12,15H,4H2,1-3H3/t9-,11+,12+,15-/m1/s1. The summed E-state index contributed by atoms with van der Waals surface area (Å²) in [6.45, 7) is 3.38. The van der Waals surface area contributed by atoms with E-state index < -0.39 is 42.4 Å². The number of imidazole rings is 1. The molecule has 0 saturated carbocycles. The minimum Gasteiger partial charge on any atom is -0.463 e. The van der Waals surface area contributed by atoms with Crippen molar-refractivity contribution in [3.8, 4) is 0 Å². The smallest absolute Gasteiger partial charge is 0.303 e. The molecule has 156 valence electrons. The minimum absolute atomic E-state index is 0.0220. The fourth-order valence-corrected chi connectivity index (χ4v) is 3.38. The van der Waals surface area contributed by atoms with E-state index in [0.717, 1.165) is 0 Å². The van der Waals surface area contributed by atoms with E-state index in [2.05, 4.69) is 15.0 Å². The van der Waals surface area contributed by atoms with Gasteiger partial charge in [-0.2, -0.15) is 4.98 Å². The molecule has 2 aromatic heterocycles. The highest BCUT2D eigenvalue weighted by Gasteiger charge is 2.51. The number of fused-ring (bicyclic) bond motifs is 1. The van der Waals surface area contributed by atoms with Gasteiger partial charge in [0.05, 0.1) is 6.33 Å². The molecule has 0 bridgehead atoms. The molecule has 0 aliphatic carbocycles. The van der Waals surface area contributed by atoms with Crippen molar-refractivity contribution in [1.29, 1.82) is 0 Å². The summed E-state index contributed by atoms with van der Waals surface area (Å²) in [6.07, 6.45) is -2.71. The van der Waals surface area contributed by atoms with Crippen LogP contribution in [0.2, 0.25) is 10.4 Å². The third kappa shape index (κ3) is 4.57. The Morgan fingerprint density at radius 3 is 2.34 bits per heavy atom. The predicted octanol–water partition coefficient (Wildman–Crippen LogP) is 1.46. The molecule has 1 aliphatic rings. The lowest BCUT2D eigenvalue weighted by atomic mass is 10.1. The first-order valence-electron chi connectivity index (χ1n) is 8.36. The lowest BCUT2D eigenvalue weighted by molar-refractivity contribution is -0.166. The van der Waals surface area contributed by atoms with Gasteiger partial charge in [-0.25, -0.2) is 9.97 Å². The molecule has 3 heterocycles. The van der Waals surface area contributed by atoms with Gasteiger partial charge in [-0.3, -0.25) is 19.0 Å². The van der Waals surface area contributed by atoms with E-state index in [1.165, 1.54) is 31.7 Å². The summed E-state index contributed by atoms with van der Waals surface area (Å²) >= 11 is 11.9. The van der Waals surface area contributed by atoms with Crippen LogP contribution in [0.25, 0.3) is 11.2 Å². The molecule has 29 heavy (non-hydrogen) atoms. The molecule has 2 aromatic rings. The third-order valence-corrected chi connectivity index (χ3v) is 4.40. The Balaban J connectivity index is 2.04. The highest BCUT2D eigenvalue weighted by molar-refractivity contribution is 6.35. The number of halogens is 2. The Kier molecular flexibility index (Phi) is 6.20. The Morgan fingerprint density at radius 1 is 1.07 bits per heavy atom. The third-order valence-electron chi connectivity index (χ3n) is 3.97. The Morgan fingerprint density at radius 2 is 1.72 bits per heavy atom. The van der Waals surface area contributed by atoms with Crippen molar-refractivity contribution < 1.29 is 33.3 Å². The molecule has 0 spiro atoms. The number of nitrogens with zero attached hydrogens (tertiary/aromatic N) is 4. The topological polar surface area (TPSA) is 132 Å². The van der Waals surface area contributed by atoms with Gasteiger partial charge < -0.3 is 18.9 Å². The highest BCUT2D eigenvalue weighted by atomic mass is 35.5. The zero-order valence-electron chi connectivity index (χ0n) is 15.5. The quantitative estimate of drug-likeness (QED) is 0.287. The van der Waals surface area contributed by atoms with Crippen LogP contribution in [0.5, 0.6) is 0 Å². The van der Waals surface area contributed by atoms with Crippen LogP contribution in [0.1, 0.15) is 27.0 Å². The molecule has 1 fully saturated rings. The molecule has 4 atom stereocenters. The van der Waals surface area contributed by atoms with Gasteiger partial charge in [0, 0.05) is 20.8 Å². The molecule has 0 amide bonds. The summed E-state index contributed by atoms with van der Waals surface area (Å²) in [5.41, 5.74) is 0.459. The van der Waals surface area contributed by atoms with Gasteiger partial charge in [0.2, 0.25) is 5.28 Å². The van der Waals surface area contributed by atoms with Gasteiger partial charge in [0.15, 0.2) is 29.2 Å². The second-order valence-corrected chi connectivity index (χ2v) is 6.82. The second-order valence-electron chi connectivity index (χ2n) is 6.12. The zero-order chi connectivity index (χ0) is 21.3. The minimum atomic E-state index is -1.08. The van der Waals surface area contributed by atoms with Crippen LogP contribution in [0, 0.1) is 0 Å². The second kappa shape index (κ2) is 8.47. The highest BCUT2D eigenvalue weighted by Crippen LogP contribution is 2.36. The van der Waals surface area contributed by atoms with Gasteiger partial charge in [-0.15, -0.1) is 0 Å². The average Bonchev–Trinajstić information content (AvgIpc) is 3.15. The molecule has 0 N–H and O–H groups in total. The number of hydrogen-bond acceptors (Lipinski definition) is 10. The van der Waals surface area contributed by atoms with Gasteiger partial charge in [0.25, 0.3) is 0 Å². The molecule has 0 unspecified atom stereocenters. The number of esters is 3. The van der Waals surface area contributed by atoms with Crippen molar-refractivity contribution >= 4 is 52.3 Å². The predicted molar refractivity (Wildman–Crippen MR) is 97.0 cm³/mol. The first-order valence-corrected chi connectivity index (χ1v) is 9.11. The number of carbonyl (C=O) groups is 3. The number of ether oxygens (including phenoxy) is 4. The molecule has 1 saturated heterocycles. The van der Waals surface area contributed by atoms with Crippen LogP contribution in [-0.2, 0) is 33.3 Å². The summed E-state index contributed by atoms with van der Waals surface area (Å²) in [5, 5.41) is -0.104. The Hall–Kier alpha value is -2.50. The first kappa shape index (κ1) is 21.2. The van der Waals surface area contributed by atoms with Crippen LogP contribution < -0.4 is 0 Å². The van der Waals surface area contributed by atoms with E-state index in [-0.39, 0.29) is 28.2 Å². The maximum atomic E-state index is 11.7. The number of carbonyl (C=O) groups excluding carboxylic acids is 3. The van der Waals surface area contributed by atoms with Crippen molar-refractivity contribution in [2.24, 2.45) is 0 Å². The van der Waals surface area contributed by atoms with Crippen molar-refractivity contribution in [3.05, 3.63) is 16.8 Å². The van der Waals surface area contributed by atoms with Crippen molar-refractivity contribution in [3.63, 3.8) is 0 Å². The molecule has 13 heteroatoms. The largest absolute Gasteiger partial charge is 0.463 e. The van der Waals surface area contributed by atoms with Crippen molar-refractivity contribution in [1.82, 2.24) is 19.5 Å². The number of aromatic nitrogens is 4. The van der Waals surface area contributed by atoms with Crippen molar-refractivity contribution in [2.45, 2.75) is 45.3 Å². The maximum absolute atomic E-state index is 11.7. The Labute approximate surface area is 174 Å². The summed E-state index contributed by atoms with van der Waals surface area (Å²) in [5.74, 6) is -1.82. The maximum Gasteiger partial charge on any atom is 0.303 e. The SMILES string of the molecule is CC(=O)OC[C@H]1O[C@@H](n2cnc3c(Cl)nc(Cl)nc32)[C@@H](OC(C)=O)[C@H]1OC(C)=O. The lowest BCUT2D eigenvalue weighted by Gasteiger charge is -2.23. The summed E-state index contributed by atoms with van der Waals surface area (Å²) < 4.78 is 23.0. The zero-order valence-corrected chi connectivity index (χ0v) is 17.0. The van der Waals surface area contributed by atoms with Crippen molar-refractivity contribution in [2.75, 3.05) is 6.61 Å². The fraction of sp³-hybridized carbons (Fsp3) is 0.500. The van der Waals surface area contributed by atoms with E-state index in [1.807, 2.05) is 0 Å². The van der Waals surface area contributed by atoms with Gasteiger partial charge in [-0.05, 0) is 11.6 Å². The van der Waals surface area contributed by atoms with E-state index >= 15 is 0 Å². The van der Waals surface area contributed by atoms with E-state index in [1.54, 1.807) is 0 Å². The summed E-state index contributed by atoms with van der Waals surface area (Å²) in [4.78, 5) is 46.6. The molecule has 11 nitrogen and oxygen atoms in total. The van der Waals surface area contributed by atoms with Crippen LogP contribution >= 0.6 is 23.2 Å². The van der Waals surface area contributed by atoms with Gasteiger partial charge in [-0.1, -0.05) is 11.6 Å². The fourth-order valence-electron chi connectivity index (χ4n) is 2.96. The van der Waals surface area contributed by atoms with E-state index in [4.69, 9.17) is 42.1 Å².